The van der Waals surface area contributed by atoms with E-state index in [1.807, 2.05) is 0 Å². The zero-order chi connectivity index (χ0) is 13.9. The van der Waals surface area contributed by atoms with E-state index in [2.05, 4.69) is 88.4 Å². The molecule has 0 N–H and O–H groups in total. The first-order valence-electron chi connectivity index (χ1n) is 7.13. The van der Waals surface area contributed by atoms with Gasteiger partial charge in [-0.15, -0.1) is 0 Å². The van der Waals surface area contributed by atoms with Crippen LogP contribution >= 0.6 is 0 Å². The second kappa shape index (κ2) is 5.21. The number of rotatable bonds is 4. The fourth-order valence-electron chi connectivity index (χ4n) is 2.84. The molecule has 0 aliphatic carbocycles. The smallest absolute Gasteiger partial charge is 0.0225 e. The summed E-state index contributed by atoms with van der Waals surface area (Å²) in [6, 6.07) is 21.8. The second-order valence-corrected chi connectivity index (χ2v) is 6.09. The number of hydrogen-bond donors (Lipinski definition) is 0. The lowest BCUT2D eigenvalue weighted by atomic mass is 9.58. The van der Waals surface area contributed by atoms with Crippen LogP contribution in [0.4, 0.5) is 0 Å². The largest absolute Gasteiger partial charge is 0.0648 e. The summed E-state index contributed by atoms with van der Waals surface area (Å²) >= 11 is 0. The van der Waals surface area contributed by atoms with Gasteiger partial charge in [0.25, 0.3) is 0 Å². The third-order valence-electron chi connectivity index (χ3n) is 4.94. The predicted molar refractivity (Wildman–Crippen MR) is 83.4 cm³/mol. The molecule has 0 saturated carbocycles. The maximum Gasteiger partial charge on any atom is 0.0225 e. The van der Waals surface area contributed by atoms with Gasteiger partial charge in [-0.3, -0.25) is 0 Å². The molecule has 0 nitrogen and oxygen atoms in total. The van der Waals surface area contributed by atoms with Gasteiger partial charge in [0.05, 0.1) is 0 Å². The van der Waals surface area contributed by atoms with Crippen LogP contribution in [0, 0.1) is 5.41 Å². The molecule has 2 rings (SSSR count). The van der Waals surface area contributed by atoms with Crippen molar-refractivity contribution in [2.45, 2.75) is 39.5 Å². The summed E-state index contributed by atoms with van der Waals surface area (Å²) in [5.41, 5.74) is 3.03. The number of hydrogen-bond acceptors (Lipinski definition) is 0. The van der Waals surface area contributed by atoms with Gasteiger partial charge < -0.3 is 0 Å². The predicted octanol–water partition coefficient (Wildman–Crippen LogP) is 5.43. The molecule has 0 radical (unpaired) electrons. The van der Waals surface area contributed by atoms with Crippen molar-refractivity contribution in [1.29, 1.82) is 0 Å². The highest BCUT2D eigenvalue weighted by Gasteiger charge is 2.42. The topological polar surface area (TPSA) is 0 Å². The fraction of sp³-hybridized carbons (Fsp3) is 0.368. The molecule has 2 aromatic carbocycles. The zero-order valence-electron chi connectivity index (χ0n) is 12.5. The van der Waals surface area contributed by atoms with E-state index in [0.717, 1.165) is 6.42 Å². The molecular formula is C19H24. The maximum absolute atomic E-state index is 2.38. The molecule has 100 valence electrons. The van der Waals surface area contributed by atoms with Crippen LogP contribution in [0.25, 0.3) is 0 Å². The van der Waals surface area contributed by atoms with E-state index in [9.17, 15) is 0 Å². The van der Waals surface area contributed by atoms with Crippen LogP contribution in [0.15, 0.2) is 60.7 Å². The average molecular weight is 252 g/mol. The highest BCUT2D eigenvalue weighted by Crippen LogP contribution is 2.48. The van der Waals surface area contributed by atoms with Crippen molar-refractivity contribution in [3.63, 3.8) is 0 Å². The van der Waals surface area contributed by atoms with Gasteiger partial charge in [-0.05, 0) is 23.0 Å². The van der Waals surface area contributed by atoms with Gasteiger partial charge in [0, 0.05) is 5.41 Å². The molecule has 0 fully saturated rings. The van der Waals surface area contributed by atoms with Crippen LogP contribution in [-0.4, -0.2) is 0 Å². The van der Waals surface area contributed by atoms with Crippen LogP contribution in [0.2, 0.25) is 0 Å². The Morgan fingerprint density at radius 3 is 1.37 bits per heavy atom. The molecule has 0 amide bonds. The zero-order valence-corrected chi connectivity index (χ0v) is 12.5. The van der Waals surface area contributed by atoms with Crippen molar-refractivity contribution in [2.75, 3.05) is 0 Å². The molecule has 0 bridgehead atoms. The standard InChI is InChI=1S/C19H24/c1-5-18(2,3)19(4,16-12-8-6-9-13-16)17-14-10-7-11-15-17/h6-15H,5H2,1-4H3. The molecule has 0 aliphatic rings. The maximum atomic E-state index is 2.38. The van der Waals surface area contributed by atoms with Gasteiger partial charge in [-0.2, -0.15) is 0 Å². The van der Waals surface area contributed by atoms with E-state index >= 15 is 0 Å². The highest BCUT2D eigenvalue weighted by atomic mass is 14.4. The first-order valence-corrected chi connectivity index (χ1v) is 7.13. The van der Waals surface area contributed by atoms with Gasteiger partial charge >= 0.3 is 0 Å². The van der Waals surface area contributed by atoms with E-state index < -0.39 is 0 Å². The first kappa shape index (κ1) is 13.9. The summed E-state index contributed by atoms with van der Waals surface area (Å²) in [4.78, 5) is 0. The Bertz CT molecular complexity index is 469. The van der Waals surface area contributed by atoms with Crippen molar-refractivity contribution in [1.82, 2.24) is 0 Å². The lowest BCUT2D eigenvalue weighted by molar-refractivity contribution is 0.210. The molecule has 0 spiro atoms. The summed E-state index contributed by atoms with van der Waals surface area (Å²) in [7, 11) is 0. The van der Waals surface area contributed by atoms with Crippen molar-refractivity contribution >= 4 is 0 Å². The summed E-state index contributed by atoms with van der Waals surface area (Å²) < 4.78 is 0. The van der Waals surface area contributed by atoms with Crippen molar-refractivity contribution in [3.8, 4) is 0 Å². The molecule has 0 atom stereocenters. The summed E-state index contributed by atoms with van der Waals surface area (Å²) in [6.45, 7) is 9.39. The summed E-state index contributed by atoms with van der Waals surface area (Å²) in [5.74, 6) is 0. The molecular weight excluding hydrogens is 228 g/mol. The minimum atomic E-state index is 0.0320. The van der Waals surface area contributed by atoms with Crippen molar-refractivity contribution in [3.05, 3.63) is 71.8 Å². The quantitative estimate of drug-likeness (QED) is 0.680. The third kappa shape index (κ3) is 2.32. The molecule has 0 aliphatic heterocycles. The van der Waals surface area contributed by atoms with Crippen LogP contribution in [0.1, 0.15) is 45.2 Å². The van der Waals surface area contributed by atoms with Gasteiger partial charge in [0.15, 0.2) is 0 Å². The summed E-state index contributed by atoms with van der Waals surface area (Å²) in [6.07, 6.45) is 1.15. The van der Waals surface area contributed by atoms with Gasteiger partial charge in [-0.1, -0.05) is 88.4 Å². The molecule has 0 heterocycles. The minimum absolute atomic E-state index is 0.0320. The molecule has 2 aromatic rings. The Hall–Kier alpha value is -1.56. The van der Waals surface area contributed by atoms with Crippen LogP contribution in [0.3, 0.4) is 0 Å². The van der Waals surface area contributed by atoms with E-state index in [1.165, 1.54) is 11.1 Å². The lowest BCUT2D eigenvalue weighted by Crippen LogP contribution is -2.40. The highest BCUT2D eigenvalue weighted by molar-refractivity contribution is 5.40. The Labute approximate surface area is 117 Å². The Morgan fingerprint density at radius 1 is 0.684 bits per heavy atom. The molecule has 19 heavy (non-hydrogen) atoms. The second-order valence-electron chi connectivity index (χ2n) is 6.09. The van der Waals surface area contributed by atoms with E-state index in [1.54, 1.807) is 0 Å². The molecule has 0 saturated heterocycles. The van der Waals surface area contributed by atoms with Crippen LogP contribution in [0.5, 0.6) is 0 Å². The average Bonchev–Trinajstić information content (AvgIpc) is 2.48. The molecule has 0 heteroatoms. The van der Waals surface area contributed by atoms with Crippen molar-refractivity contribution < 1.29 is 0 Å². The SMILES string of the molecule is CCC(C)(C)C(C)(c1ccccc1)c1ccccc1. The van der Waals surface area contributed by atoms with Gasteiger partial charge in [-0.25, -0.2) is 0 Å². The van der Waals surface area contributed by atoms with Crippen LogP contribution < -0.4 is 0 Å². The fourth-order valence-corrected chi connectivity index (χ4v) is 2.84. The molecule has 0 unspecified atom stereocenters. The van der Waals surface area contributed by atoms with Gasteiger partial charge in [0.1, 0.15) is 0 Å². The lowest BCUT2D eigenvalue weighted by Gasteiger charge is -2.45. The van der Waals surface area contributed by atoms with E-state index in [-0.39, 0.29) is 10.8 Å². The molecule has 0 aromatic heterocycles. The Kier molecular flexibility index (Phi) is 3.80. The first-order chi connectivity index (χ1) is 9.02. The Balaban J connectivity index is 2.65. The number of benzene rings is 2. The minimum Gasteiger partial charge on any atom is -0.0648 e. The van der Waals surface area contributed by atoms with Crippen LogP contribution in [-0.2, 0) is 5.41 Å². The normalized spacial score (nSPS) is 12.4. The third-order valence-corrected chi connectivity index (χ3v) is 4.94. The van der Waals surface area contributed by atoms with Crippen molar-refractivity contribution in [2.24, 2.45) is 5.41 Å². The monoisotopic (exact) mass is 252 g/mol. The van der Waals surface area contributed by atoms with E-state index in [0.29, 0.717) is 0 Å². The van der Waals surface area contributed by atoms with E-state index in [4.69, 9.17) is 0 Å². The Morgan fingerprint density at radius 2 is 1.05 bits per heavy atom. The van der Waals surface area contributed by atoms with Gasteiger partial charge in [0.2, 0.25) is 0 Å². The summed E-state index contributed by atoms with van der Waals surface area (Å²) in [5, 5.41) is 0.